The van der Waals surface area contributed by atoms with E-state index in [2.05, 4.69) is 25.0 Å². The Kier molecular flexibility index (Phi) is 5.43. The number of alkyl halides is 2. The Morgan fingerprint density at radius 3 is 2.69 bits per heavy atom. The fraction of sp³-hybridized carbons (Fsp3) is 0.529. The average Bonchev–Trinajstić information content (AvgIpc) is 3.27. The Morgan fingerprint density at radius 2 is 2.04 bits per heavy atom. The summed E-state index contributed by atoms with van der Waals surface area (Å²) in [6.07, 6.45) is 0.801. The van der Waals surface area contributed by atoms with Crippen LogP contribution in [0.5, 0.6) is 0 Å². The minimum Gasteiger partial charge on any atom is -0.369 e. The molecule has 7 nitrogen and oxygen atoms in total. The summed E-state index contributed by atoms with van der Waals surface area (Å²) in [5.74, 6) is 1.14. The van der Waals surface area contributed by atoms with E-state index < -0.39 is 6.43 Å². The molecule has 26 heavy (non-hydrogen) atoms. The van der Waals surface area contributed by atoms with Crippen LogP contribution in [0.1, 0.15) is 42.8 Å². The van der Waals surface area contributed by atoms with Crippen molar-refractivity contribution in [1.29, 1.82) is 0 Å². The first-order chi connectivity index (χ1) is 12.5. The molecule has 0 atom stereocenters. The number of hydrogen-bond donors (Lipinski definition) is 1. The minimum absolute atomic E-state index is 0.228. The number of amidine groups is 1. The number of nitrogens with two attached hydrogens (primary N) is 1. The van der Waals surface area contributed by atoms with Gasteiger partial charge in [-0.2, -0.15) is 5.10 Å². The summed E-state index contributed by atoms with van der Waals surface area (Å²) < 4.78 is 27.4. The second-order valence-corrected chi connectivity index (χ2v) is 6.28. The van der Waals surface area contributed by atoms with Crippen LogP contribution in [0.3, 0.4) is 0 Å². The Labute approximate surface area is 150 Å². The van der Waals surface area contributed by atoms with Crippen molar-refractivity contribution in [3.05, 3.63) is 29.2 Å². The maximum atomic E-state index is 13.0. The van der Waals surface area contributed by atoms with Gasteiger partial charge in [-0.3, -0.25) is 4.99 Å². The number of imidazole rings is 1. The molecular weight excluding hydrogens is 340 g/mol. The topological polar surface area (TPSA) is 84.2 Å². The molecule has 0 radical (unpaired) electrons. The molecule has 0 amide bonds. The zero-order valence-corrected chi connectivity index (χ0v) is 15.0. The summed E-state index contributed by atoms with van der Waals surface area (Å²) in [5, 5.41) is 4.42. The third-order valence-electron chi connectivity index (χ3n) is 4.54. The number of aromatic nitrogens is 3. The zero-order valence-electron chi connectivity index (χ0n) is 15.0. The first-order valence-electron chi connectivity index (χ1n) is 8.67. The van der Waals surface area contributed by atoms with Gasteiger partial charge in [0.15, 0.2) is 11.6 Å². The maximum absolute atomic E-state index is 13.0. The molecule has 1 aliphatic rings. The lowest BCUT2D eigenvalue weighted by Gasteiger charge is -2.16. The second-order valence-electron chi connectivity index (χ2n) is 6.28. The van der Waals surface area contributed by atoms with E-state index in [9.17, 15) is 8.78 Å². The third kappa shape index (κ3) is 3.81. The molecular formula is C17H23F2N7. The van der Waals surface area contributed by atoms with Crippen molar-refractivity contribution >= 4 is 17.4 Å². The molecule has 0 aromatic carbocycles. The van der Waals surface area contributed by atoms with Crippen molar-refractivity contribution in [3.8, 4) is 0 Å². The number of hydrogen-bond acceptors (Lipinski definition) is 3. The number of likely N-dealkylation sites (tertiary alicyclic amines) is 1. The zero-order chi connectivity index (χ0) is 18.7. The summed E-state index contributed by atoms with van der Waals surface area (Å²) in [5.41, 5.74) is 7.35. The molecule has 1 aliphatic heterocycles. The molecule has 1 saturated heterocycles. The second kappa shape index (κ2) is 7.76. The quantitative estimate of drug-likeness (QED) is 0.667. The molecule has 2 N–H and O–H groups in total. The van der Waals surface area contributed by atoms with Gasteiger partial charge < -0.3 is 10.6 Å². The monoisotopic (exact) mass is 363 g/mol. The molecule has 3 heterocycles. The number of guanidine groups is 1. The highest BCUT2D eigenvalue weighted by Crippen LogP contribution is 2.22. The van der Waals surface area contributed by atoms with Crippen molar-refractivity contribution in [1.82, 2.24) is 19.5 Å². The molecule has 1 fully saturated rings. The van der Waals surface area contributed by atoms with Crippen molar-refractivity contribution in [3.63, 3.8) is 0 Å². The molecule has 9 heteroatoms. The maximum Gasteiger partial charge on any atom is 0.282 e. The van der Waals surface area contributed by atoms with Crippen LogP contribution in [0, 0.1) is 6.92 Å². The number of halogens is 2. The Morgan fingerprint density at radius 1 is 1.31 bits per heavy atom. The van der Waals surface area contributed by atoms with Crippen LogP contribution < -0.4 is 5.73 Å². The van der Waals surface area contributed by atoms with Crippen LogP contribution in [0.15, 0.2) is 22.1 Å². The van der Waals surface area contributed by atoms with Gasteiger partial charge in [-0.1, -0.05) is 0 Å². The Bertz CT molecular complexity index is 835. The summed E-state index contributed by atoms with van der Waals surface area (Å²) in [4.78, 5) is 14.6. The van der Waals surface area contributed by atoms with E-state index >= 15 is 0 Å². The van der Waals surface area contributed by atoms with Crippen molar-refractivity contribution < 1.29 is 8.78 Å². The van der Waals surface area contributed by atoms with E-state index in [0.717, 1.165) is 31.6 Å². The molecule has 0 spiro atoms. The van der Waals surface area contributed by atoms with Crippen LogP contribution in [0.25, 0.3) is 5.65 Å². The smallest absolute Gasteiger partial charge is 0.282 e. The predicted octanol–water partition coefficient (Wildman–Crippen LogP) is 2.35. The standard InChI is InChI=1S/C17H23F2N7/c1-11-15(16(18)19)23-14-8-6-12(24-26(11)14)5-7-13(21-2)22-17(20)25-9-3-4-10-25/h6,8,16H,3-5,7,9-10H2,1-2H3,(H2,20,21,22). The van der Waals surface area contributed by atoms with Gasteiger partial charge in [-0.05, 0) is 38.3 Å². The number of aryl methyl sites for hydroxylation is 2. The van der Waals surface area contributed by atoms with Gasteiger partial charge in [0.1, 0.15) is 11.5 Å². The summed E-state index contributed by atoms with van der Waals surface area (Å²) in [7, 11) is 1.68. The van der Waals surface area contributed by atoms with Crippen molar-refractivity contribution in [2.75, 3.05) is 20.1 Å². The van der Waals surface area contributed by atoms with Crippen LogP contribution in [-0.2, 0) is 6.42 Å². The molecule has 0 bridgehead atoms. The Hall–Kier alpha value is -2.58. The van der Waals surface area contributed by atoms with Gasteiger partial charge >= 0.3 is 0 Å². The fourth-order valence-electron chi connectivity index (χ4n) is 3.05. The average molecular weight is 363 g/mol. The molecule has 3 rings (SSSR count). The number of rotatable bonds is 4. The lowest BCUT2D eigenvalue weighted by atomic mass is 10.2. The van der Waals surface area contributed by atoms with E-state index in [1.54, 1.807) is 26.1 Å². The van der Waals surface area contributed by atoms with Gasteiger partial charge in [0.25, 0.3) is 6.43 Å². The molecule has 2 aromatic rings. The van der Waals surface area contributed by atoms with E-state index in [1.807, 2.05) is 0 Å². The van der Waals surface area contributed by atoms with Gasteiger partial charge in [0.05, 0.1) is 11.4 Å². The highest BCUT2D eigenvalue weighted by atomic mass is 19.3. The normalized spacial score (nSPS) is 16.3. The van der Waals surface area contributed by atoms with E-state index in [0.29, 0.717) is 36.0 Å². The summed E-state index contributed by atoms with van der Waals surface area (Å²) >= 11 is 0. The Balaban J connectivity index is 1.72. The SMILES string of the molecule is CN=C(CCc1ccc2nc(C(F)F)c(C)n2n1)N=C(N)N1CCCC1. The molecule has 0 saturated carbocycles. The lowest BCUT2D eigenvalue weighted by Crippen LogP contribution is -2.35. The van der Waals surface area contributed by atoms with Crippen LogP contribution in [0.2, 0.25) is 0 Å². The largest absolute Gasteiger partial charge is 0.369 e. The van der Waals surface area contributed by atoms with Crippen molar-refractivity contribution in [2.45, 2.75) is 39.0 Å². The summed E-state index contributed by atoms with van der Waals surface area (Å²) in [6.45, 7) is 3.45. The van der Waals surface area contributed by atoms with Crippen LogP contribution in [-0.4, -0.2) is 51.4 Å². The summed E-state index contributed by atoms with van der Waals surface area (Å²) in [6, 6.07) is 3.49. The molecule has 0 unspecified atom stereocenters. The molecule has 2 aromatic heterocycles. The van der Waals surface area contributed by atoms with Gasteiger partial charge in [0, 0.05) is 26.6 Å². The van der Waals surface area contributed by atoms with Crippen molar-refractivity contribution in [2.24, 2.45) is 15.7 Å². The fourth-order valence-corrected chi connectivity index (χ4v) is 3.05. The van der Waals surface area contributed by atoms with Crippen LogP contribution in [0.4, 0.5) is 8.78 Å². The van der Waals surface area contributed by atoms with Gasteiger partial charge in [-0.25, -0.2) is 23.3 Å². The van der Waals surface area contributed by atoms with Gasteiger partial charge in [-0.15, -0.1) is 0 Å². The molecule has 140 valence electrons. The highest BCUT2D eigenvalue weighted by Gasteiger charge is 2.18. The first kappa shape index (κ1) is 18.2. The minimum atomic E-state index is -2.61. The molecule has 0 aliphatic carbocycles. The van der Waals surface area contributed by atoms with E-state index in [-0.39, 0.29) is 5.69 Å². The van der Waals surface area contributed by atoms with Gasteiger partial charge in [0.2, 0.25) is 0 Å². The number of aliphatic imine (C=N–C) groups is 2. The number of fused-ring (bicyclic) bond motifs is 1. The van der Waals surface area contributed by atoms with Crippen LogP contribution >= 0.6 is 0 Å². The van der Waals surface area contributed by atoms with E-state index in [1.165, 1.54) is 4.52 Å². The third-order valence-corrected chi connectivity index (χ3v) is 4.54. The number of nitrogens with zero attached hydrogens (tertiary/aromatic N) is 6. The highest BCUT2D eigenvalue weighted by molar-refractivity contribution is 5.95. The first-order valence-corrected chi connectivity index (χ1v) is 8.67. The van der Waals surface area contributed by atoms with E-state index in [4.69, 9.17) is 5.73 Å². The predicted molar refractivity (Wildman–Crippen MR) is 96.8 cm³/mol. The lowest BCUT2D eigenvalue weighted by molar-refractivity contribution is 0.146.